The number of nitrogens with one attached hydrogen (secondary N) is 1. The van der Waals surface area contributed by atoms with Gasteiger partial charge in [0.05, 0.1) is 5.69 Å². The minimum Gasteiger partial charge on any atom is -0.371 e. The topological polar surface area (TPSA) is 32.3 Å². The molecule has 0 saturated heterocycles. The molecule has 0 saturated carbocycles. The Balaban J connectivity index is 2.85. The lowest BCUT2D eigenvalue weighted by molar-refractivity contribution is -0.131. The molecule has 1 aromatic carbocycles. The van der Waals surface area contributed by atoms with Gasteiger partial charge >= 0.3 is 0 Å². The highest BCUT2D eigenvalue weighted by Gasteiger charge is 2.20. The number of benzene rings is 1. The molecule has 1 N–H and O–H groups in total. The summed E-state index contributed by atoms with van der Waals surface area (Å²) in [6.45, 7) is 6.25. The van der Waals surface area contributed by atoms with E-state index in [0.29, 0.717) is 25.2 Å². The van der Waals surface area contributed by atoms with Gasteiger partial charge in [-0.05, 0) is 20.8 Å². The first-order valence-corrected chi connectivity index (χ1v) is 6.10. The molecule has 6 heteroatoms. The quantitative estimate of drug-likeness (QED) is 0.837. The van der Waals surface area contributed by atoms with Crippen LogP contribution in [0.1, 0.15) is 20.8 Å². The van der Waals surface area contributed by atoms with Crippen LogP contribution in [0, 0.1) is 17.5 Å². The largest absolute Gasteiger partial charge is 0.371 e. The molecule has 0 spiro atoms. The van der Waals surface area contributed by atoms with E-state index in [0.717, 1.165) is 0 Å². The van der Waals surface area contributed by atoms with Gasteiger partial charge in [0.1, 0.15) is 11.9 Å². The van der Waals surface area contributed by atoms with E-state index >= 15 is 0 Å². The summed E-state index contributed by atoms with van der Waals surface area (Å²) >= 11 is 0. The fourth-order valence-corrected chi connectivity index (χ4v) is 1.74. The number of rotatable bonds is 5. The van der Waals surface area contributed by atoms with Gasteiger partial charge in [-0.15, -0.1) is 0 Å². The molecule has 106 valence electrons. The van der Waals surface area contributed by atoms with E-state index in [-0.39, 0.29) is 11.6 Å². The van der Waals surface area contributed by atoms with Crippen molar-refractivity contribution < 1.29 is 18.0 Å². The summed E-state index contributed by atoms with van der Waals surface area (Å²) in [6.07, 6.45) is 0. The van der Waals surface area contributed by atoms with Gasteiger partial charge in [-0.1, -0.05) is 0 Å². The van der Waals surface area contributed by atoms with Crippen molar-refractivity contribution in [2.45, 2.75) is 26.8 Å². The van der Waals surface area contributed by atoms with Gasteiger partial charge in [0.25, 0.3) is 0 Å². The van der Waals surface area contributed by atoms with Crippen molar-refractivity contribution in [3.8, 4) is 0 Å². The van der Waals surface area contributed by atoms with E-state index in [1.54, 1.807) is 11.8 Å². The summed E-state index contributed by atoms with van der Waals surface area (Å²) in [4.78, 5) is 13.5. The lowest BCUT2D eigenvalue weighted by Gasteiger charge is -2.24. The molecule has 0 heterocycles. The highest BCUT2D eigenvalue weighted by atomic mass is 19.2. The maximum atomic E-state index is 13.4. The SMILES string of the molecule is CCN(CC)C(=O)C(C)Nc1cc(F)c(F)cc1F. The first-order chi connectivity index (χ1) is 8.90. The number of likely N-dealkylation sites (N-methyl/N-ethyl adjacent to an activating group) is 1. The zero-order chi connectivity index (χ0) is 14.6. The zero-order valence-electron chi connectivity index (χ0n) is 11.1. The van der Waals surface area contributed by atoms with E-state index in [1.807, 2.05) is 13.8 Å². The Morgan fingerprint density at radius 2 is 1.68 bits per heavy atom. The van der Waals surface area contributed by atoms with Crippen LogP contribution >= 0.6 is 0 Å². The monoisotopic (exact) mass is 274 g/mol. The second kappa shape index (κ2) is 6.45. The number of hydrogen-bond donors (Lipinski definition) is 1. The van der Waals surface area contributed by atoms with Crippen LogP contribution in [-0.4, -0.2) is 29.9 Å². The Kier molecular flexibility index (Phi) is 5.20. The average Bonchev–Trinajstić information content (AvgIpc) is 2.37. The number of anilines is 1. The maximum absolute atomic E-state index is 13.4. The number of amides is 1. The lowest BCUT2D eigenvalue weighted by Crippen LogP contribution is -2.41. The predicted molar refractivity (Wildman–Crippen MR) is 67.3 cm³/mol. The molecule has 1 rings (SSSR count). The van der Waals surface area contributed by atoms with Gasteiger partial charge < -0.3 is 10.2 Å². The van der Waals surface area contributed by atoms with Crippen LogP contribution in [0.4, 0.5) is 18.9 Å². The molecule has 0 bridgehead atoms. The minimum atomic E-state index is -1.26. The predicted octanol–water partition coefficient (Wildman–Crippen LogP) is 2.77. The van der Waals surface area contributed by atoms with Crippen molar-refractivity contribution in [2.24, 2.45) is 0 Å². The summed E-state index contributed by atoms with van der Waals surface area (Å²) in [7, 11) is 0. The van der Waals surface area contributed by atoms with Crippen molar-refractivity contribution >= 4 is 11.6 Å². The number of halogens is 3. The third kappa shape index (κ3) is 3.62. The Labute approximate surface area is 110 Å². The van der Waals surface area contributed by atoms with Crippen LogP contribution in [0.15, 0.2) is 12.1 Å². The number of carbonyl (C=O) groups is 1. The molecule has 19 heavy (non-hydrogen) atoms. The van der Waals surface area contributed by atoms with Crippen LogP contribution in [0.5, 0.6) is 0 Å². The molecule has 0 fully saturated rings. The fourth-order valence-electron chi connectivity index (χ4n) is 1.74. The lowest BCUT2D eigenvalue weighted by atomic mass is 10.2. The summed E-state index contributed by atoms with van der Waals surface area (Å²) in [5.74, 6) is -3.58. The minimum absolute atomic E-state index is 0.228. The molecule has 0 aliphatic heterocycles. The van der Waals surface area contributed by atoms with Gasteiger partial charge in [-0.3, -0.25) is 4.79 Å². The first kappa shape index (κ1) is 15.3. The van der Waals surface area contributed by atoms with Crippen LogP contribution < -0.4 is 5.32 Å². The molecular formula is C13H17F3N2O. The Morgan fingerprint density at radius 1 is 1.16 bits per heavy atom. The van der Waals surface area contributed by atoms with E-state index < -0.39 is 23.5 Å². The van der Waals surface area contributed by atoms with E-state index in [2.05, 4.69) is 5.32 Å². The highest BCUT2D eigenvalue weighted by molar-refractivity contribution is 5.84. The van der Waals surface area contributed by atoms with Crippen molar-refractivity contribution in [1.29, 1.82) is 0 Å². The molecule has 0 aromatic heterocycles. The van der Waals surface area contributed by atoms with Crippen molar-refractivity contribution in [2.75, 3.05) is 18.4 Å². The average molecular weight is 274 g/mol. The summed E-state index contributed by atoms with van der Waals surface area (Å²) < 4.78 is 39.2. The first-order valence-electron chi connectivity index (χ1n) is 6.10. The maximum Gasteiger partial charge on any atom is 0.244 e. The van der Waals surface area contributed by atoms with Gasteiger partial charge in [0.2, 0.25) is 5.91 Å². The van der Waals surface area contributed by atoms with Crippen LogP contribution in [0.2, 0.25) is 0 Å². The van der Waals surface area contributed by atoms with Crippen molar-refractivity contribution in [3.63, 3.8) is 0 Å². The van der Waals surface area contributed by atoms with Crippen molar-refractivity contribution in [1.82, 2.24) is 4.90 Å². The molecule has 0 aliphatic carbocycles. The summed E-state index contributed by atoms with van der Waals surface area (Å²) in [6, 6.07) is 0.433. The molecule has 1 atom stereocenters. The third-order valence-corrected chi connectivity index (χ3v) is 2.83. The fraction of sp³-hybridized carbons (Fsp3) is 0.462. The van der Waals surface area contributed by atoms with Crippen molar-refractivity contribution in [3.05, 3.63) is 29.6 Å². The Hall–Kier alpha value is -1.72. The molecule has 3 nitrogen and oxygen atoms in total. The van der Waals surface area contributed by atoms with Gasteiger partial charge in [-0.2, -0.15) is 0 Å². The second-order valence-electron chi connectivity index (χ2n) is 4.12. The van der Waals surface area contributed by atoms with Gasteiger partial charge in [0, 0.05) is 25.2 Å². The second-order valence-corrected chi connectivity index (χ2v) is 4.12. The Bertz CT molecular complexity index is 461. The van der Waals surface area contributed by atoms with E-state index in [9.17, 15) is 18.0 Å². The molecule has 0 radical (unpaired) electrons. The van der Waals surface area contributed by atoms with E-state index in [4.69, 9.17) is 0 Å². The Morgan fingerprint density at radius 3 is 2.21 bits per heavy atom. The normalized spacial score (nSPS) is 12.1. The third-order valence-electron chi connectivity index (χ3n) is 2.83. The number of carbonyl (C=O) groups excluding carboxylic acids is 1. The van der Waals surface area contributed by atoms with Crippen LogP contribution in [0.3, 0.4) is 0 Å². The number of nitrogens with zero attached hydrogens (tertiary/aromatic N) is 1. The molecule has 1 amide bonds. The smallest absolute Gasteiger partial charge is 0.244 e. The molecule has 1 aromatic rings. The molecular weight excluding hydrogens is 257 g/mol. The summed E-state index contributed by atoms with van der Waals surface area (Å²) in [5.41, 5.74) is -0.230. The molecule has 1 unspecified atom stereocenters. The zero-order valence-corrected chi connectivity index (χ0v) is 11.1. The highest BCUT2D eigenvalue weighted by Crippen LogP contribution is 2.19. The van der Waals surface area contributed by atoms with Crippen LogP contribution in [-0.2, 0) is 4.79 Å². The number of hydrogen-bond acceptors (Lipinski definition) is 2. The summed E-state index contributed by atoms with van der Waals surface area (Å²) in [5, 5.41) is 2.55. The standard InChI is InChI=1S/C13H17F3N2O/c1-4-18(5-2)13(19)8(3)17-12-7-10(15)9(14)6-11(12)16/h6-8,17H,4-5H2,1-3H3. The van der Waals surface area contributed by atoms with Crippen LogP contribution in [0.25, 0.3) is 0 Å². The van der Waals surface area contributed by atoms with Gasteiger partial charge in [0.15, 0.2) is 11.6 Å². The molecule has 0 aliphatic rings. The van der Waals surface area contributed by atoms with E-state index in [1.165, 1.54) is 0 Å². The van der Waals surface area contributed by atoms with Gasteiger partial charge in [-0.25, -0.2) is 13.2 Å².